The van der Waals surface area contributed by atoms with Crippen molar-refractivity contribution in [2.75, 3.05) is 31.1 Å². The van der Waals surface area contributed by atoms with E-state index in [1.54, 1.807) is 12.1 Å². The number of rotatable bonds is 12. The molecule has 1 spiro atoms. The summed E-state index contributed by atoms with van der Waals surface area (Å²) in [6, 6.07) is 14.7. The minimum Gasteiger partial charge on any atom is -0.493 e. The van der Waals surface area contributed by atoms with Crippen LogP contribution in [0.1, 0.15) is 86.7 Å². The smallest absolute Gasteiger partial charge is 0.307 e. The molecule has 1 aromatic heterocycles. The van der Waals surface area contributed by atoms with Crippen LogP contribution < -0.4 is 15.0 Å². The van der Waals surface area contributed by atoms with Crippen molar-refractivity contribution in [2.24, 2.45) is 11.3 Å². The first-order chi connectivity index (χ1) is 21.9. The minimum atomic E-state index is -0.826. The maximum absolute atomic E-state index is 13.3. The number of carboxylic acids is 1. The predicted molar refractivity (Wildman–Crippen MR) is 177 cm³/mol. The summed E-state index contributed by atoms with van der Waals surface area (Å²) in [5, 5.41) is 13.7. The van der Waals surface area contributed by atoms with E-state index in [2.05, 4.69) is 22.3 Å². The fourth-order valence-electron chi connectivity index (χ4n) is 7.75. The average Bonchev–Trinajstić information content (AvgIpc) is 3.03. The highest BCUT2D eigenvalue weighted by Crippen LogP contribution is 2.50. The highest BCUT2D eigenvalue weighted by Gasteiger charge is 2.40. The lowest BCUT2D eigenvalue weighted by Gasteiger charge is -2.49. The van der Waals surface area contributed by atoms with Crippen molar-refractivity contribution in [3.05, 3.63) is 76.9 Å². The molecule has 2 aromatic carbocycles. The number of aromatic nitrogens is 1. The fourth-order valence-corrected chi connectivity index (χ4v) is 7.75. The Morgan fingerprint density at radius 2 is 1.71 bits per heavy atom. The zero-order valence-electron chi connectivity index (χ0n) is 26.8. The predicted octanol–water partition coefficient (Wildman–Crippen LogP) is 7.89. The zero-order chi connectivity index (χ0) is 31.2. The van der Waals surface area contributed by atoms with Crippen molar-refractivity contribution in [2.45, 2.75) is 90.5 Å². The molecule has 2 heterocycles. The molecule has 3 aromatic rings. The summed E-state index contributed by atoms with van der Waals surface area (Å²) < 4.78 is 19.3. The summed E-state index contributed by atoms with van der Waals surface area (Å²) >= 11 is 0. The molecule has 2 aliphatic carbocycles. The molecule has 2 N–H and O–H groups in total. The second-order valence-electron chi connectivity index (χ2n) is 13.6. The fraction of sp³-hybridized carbons (Fsp3) is 0.526. The molecule has 1 aliphatic heterocycles. The monoisotopic (exact) mass is 613 g/mol. The van der Waals surface area contributed by atoms with Gasteiger partial charge in [0.25, 0.3) is 0 Å². The van der Waals surface area contributed by atoms with E-state index in [-0.39, 0.29) is 12.2 Å². The quantitative estimate of drug-likeness (QED) is 0.216. The first-order valence-electron chi connectivity index (χ1n) is 17.1. The number of hydrogen-bond donors (Lipinski definition) is 2. The first kappa shape index (κ1) is 31.5. The van der Waals surface area contributed by atoms with Gasteiger partial charge in [-0.15, -0.1) is 0 Å². The van der Waals surface area contributed by atoms with Crippen LogP contribution >= 0.6 is 0 Å². The summed E-state index contributed by atoms with van der Waals surface area (Å²) in [6.45, 7) is 6.01. The number of halogens is 1. The van der Waals surface area contributed by atoms with Crippen LogP contribution in [-0.4, -0.2) is 42.3 Å². The number of pyridine rings is 1. The van der Waals surface area contributed by atoms with Gasteiger partial charge in [0.1, 0.15) is 11.6 Å². The highest BCUT2D eigenvalue weighted by molar-refractivity contribution is 5.86. The van der Waals surface area contributed by atoms with Crippen molar-refractivity contribution in [1.29, 1.82) is 0 Å². The van der Waals surface area contributed by atoms with Gasteiger partial charge in [-0.1, -0.05) is 49.9 Å². The van der Waals surface area contributed by atoms with Gasteiger partial charge in [-0.3, -0.25) is 9.78 Å². The van der Waals surface area contributed by atoms with E-state index in [0.717, 1.165) is 77.6 Å². The Kier molecular flexibility index (Phi) is 10.0. The van der Waals surface area contributed by atoms with Gasteiger partial charge in [-0.05, 0) is 98.7 Å². The van der Waals surface area contributed by atoms with Crippen LogP contribution in [0.3, 0.4) is 0 Å². The molecule has 2 saturated carbocycles. The largest absolute Gasteiger partial charge is 0.493 e. The van der Waals surface area contributed by atoms with Gasteiger partial charge in [0.2, 0.25) is 0 Å². The molecule has 3 fully saturated rings. The average molecular weight is 614 g/mol. The van der Waals surface area contributed by atoms with E-state index in [1.807, 2.05) is 19.1 Å². The molecule has 1 saturated heterocycles. The summed E-state index contributed by atoms with van der Waals surface area (Å²) in [5.74, 6) is 0.423. The summed E-state index contributed by atoms with van der Waals surface area (Å²) in [5.41, 5.74) is 7.30. The number of hydrogen-bond acceptors (Lipinski definition) is 5. The van der Waals surface area contributed by atoms with Crippen molar-refractivity contribution >= 4 is 11.7 Å². The van der Waals surface area contributed by atoms with Gasteiger partial charge in [-0.2, -0.15) is 0 Å². The van der Waals surface area contributed by atoms with E-state index in [9.17, 15) is 14.3 Å². The topological polar surface area (TPSA) is 74.7 Å². The van der Waals surface area contributed by atoms with Gasteiger partial charge in [0, 0.05) is 42.9 Å². The number of nitrogens with zero attached hydrogens (tertiary/aromatic N) is 2. The molecule has 0 radical (unpaired) electrons. The number of nitrogens with one attached hydrogen (secondary N) is 1. The van der Waals surface area contributed by atoms with Crippen LogP contribution in [0.25, 0.3) is 11.1 Å². The van der Waals surface area contributed by atoms with E-state index < -0.39 is 5.97 Å². The molecule has 7 heteroatoms. The molecule has 6 nitrogen and oxygen atoms in total. The third kappa shape index (κ3) is 7.69. The van der Waals surface area contributed by atoms with Gasteiger partial charge < -0.3 is 20.1 Å². The third-order valence-corrected chi connectivity index (χ3v) is 10.6. The van der Waals surface area contributed by atoms with Crippen molar-refractivity contribution in [3.63, 3.8) is 0 Å². The maximum atomic E-state index is 13.3. The Balaban J connectivity index is 1.29. The number of piperidine rings is 1. The van der Waals surface area contributed by atoms with E-state index >= 15 is 0 Å². The van der Waals surface area contributed by atoms with Crippen LogP contribution in [0.15, 0.2) is 48.5 Å². The van der Waals surface area contributed by atoms with E-state index in [0.29, 0.717) is 30.9 Å². The van der Waals surface area contributed by atoms with Crippen LogP contribution in [-0.2, 0) is 24.2 Å². The van der Waals surface area contributed by atoms with Crippen LogP contribution in [0.2, 0.25) is 0 Å². The molecular weight excluding hydrogens is 565 g/mol. The van der Waals surface area contributed by atoms with Crippen LogP contribution in [0.5, 0.6) is 5.75 Å². The normalized spacial score (nSPS) is 18.1. The standard InChI is InChI=1S/C38H48FN3O3/c1-27-33(24-35(43)44)37(42-21-19-38(20-22-42)17-5-18-38)36(34(41-27)26-40-25-29-6-3-2-4-7-29)30-10-14-32(15-11-30)45-23-16-28-8-12-31(39)13-9-28/h8-15,29,40H,2-7,16-26H2,1H3,(H,43,44). The van der Waals surface area contributed by atoms with E-state index in [1.165, 1.54) is 63.5 Å². The number of anilines is 1. The minimum absolute atomic E-state index is 0.0385. The zero-order valence-corrected chi connectivity index (χ0v) is 26.8. The number of aliphatic carboxylic acids is 1. The number of ether oxygens (including phenoxy) is 1. The van der Waals surface area contributed by atoms with Crippen LogP contribution in [0, 0.1) is 24.1 Å². The molecule has 240 valence electrons. The molecule has 3 aliphatic rings. The van der Waals surface area contributed by atoms with Gasteiger partial charge in [0.15, 0.2) is 0 Å². The maximum Gasteiger partial charge on any atom is 0.307 e. The molecular formula is C38H48FN3O3. The summed E-state index contributed by atoms with van der Waals surface area (Å²) in [6.07, 6.45) is 13.5. The van der Waals surface area contributed by atoms with Gasteiger partial charge in [-0.25, -0.2) is 4.39 Å². The number of carbonyl (C=O) groups is 1. The van der Waals surface area contributed by atoms with Crippen molar-refractivity contribution in [3.8, 4) is 16.9 Å². The van der Waals surface area contributed by atoms with Crippen molar-refractivity contribution < 1.29 is 19.0 Å². The Morgan fingerprint density at radius 1 is 1.00 bits per heavy atom. The lowest BCUT2D eigenvalue weighted by Crippen LogP contribution is -2.44. The second kappa shape index (κ2) is 14.3. The third-order valence-electron chi connectivity index (χ3n) is 10.6. The number of aryl methyl sites for hydroxylation is 1. The van der Waals surface area contributed by atoms with Gasteiger partial charge >= 0.3 is 5.97 Å². The molecule has 0 atom stereocenters. The Hall–Kier alpha value is -3.45. The Bertz CT molecular complexity index is 1440. The second-order valence-corrected chi connectivity index (χ2v) is 13.6. The number of benzene rings is 2. The molecule has 45 heavy (non-hydrogen) atoms. The molecule has 6 rings (SSSR count). The number of carboxylic acid groups (broad SMARTS) is 1. The summed E-state index contributed by atoms with van der Waals surface area (Å²) in [4.78, 5) is 19.7. The van der Waals surface area contributed by atoms with Gasteiger partial charge in [0.05, 0.1) is 24.4 Å². The van der Waals surface area contributed by atoms with Crippen molar-refractivity contribution in [1.82, 2.24) is 10.3 Å². The highest BCUT2D eigenvalue weighted by atomic mass is 19.1. The Labute approximate surface area is 267 Å². The first-order valence-corrected chi connectivity index (χ1v) is 17.1. The van der Waals surface area contributed by atoms with E-state index in [4.69, 9.17) is 9.72 Å². The molecule has 0 amide bonds. The summed E-state index contributed by atoms with van der Waals surface area (Å²) in [7, 11) is 0. The molecule has 0 unspecified atom stereocenters. The molecule has 0 bridgehead atoms. The lowest BCUT2D eigenvalue weighted by molar-refractivity contribution is -0.136. The SMILES string of the molecule is Cc1nc(CNCC2CCCCC2)c(-c2ccc(OCCc3ccc(F)cc3)cc2)c(N2CCC3(CCC3)CC2)c1CC(=O)O. The Morgan fingerprint density at radius 3 is 2.36 bits per heavy atom. The van der Waals surface area contributed by atoms with Crippen LogP contribution in [0.4, 0.5) is 10.1 Å². The lowest BCUT2D eigenvalue weighted by atomic mass is 9.63.